The first kappa shape index (κ1) is 83.0. The second-order valence-corrected chi connectivity index (χ2v) is 25.3. The van der Waals surface area contributed by atoms with Gasteiger partial charge in [0.2, 0.25) is 5.91 Å². The number of aliphatic hydroxyl groups excluding tert-OH is 8. The Balaban J connectivity index is 1.69. The number of nitrogens with one attached hydrogen (secondary N) is 1. The standard InChI is InChI=1S/C76H133NO13/c1-3-5-7-9-11-13-15-17-19-21-23-25-27-29-31-32-34-36-38-40-42-44-46-48-50-52-54-56-58-60-68(81)77-64(63-87-75-73(86)71(84)74(67(62-79)89-75)90-76-72(85)70(83)69(82)66(61-78)88-76)65(80)59-57-55-53-51-49-47-45-43-41-39-37-35-33-30-28-26-24-22-20-18-16-14-12-10-8-6-4-2/h5,7,11,13,17,19,23,25,29,31,34,36,40,42,57,59,64-67,69-76,78-80,82-86H,3-4,6,8-10,12,14-16,18,20-22,24,26-28,30,32-33,35,37-39,41,43-56,58,60-63H2,1-2H3,(H,77,81)/b7-5-,13-11-,19-17-,25-23-,31-29-,36-34-,42-40-,59-57+. The fourth-order valence-electron chi connectivity index (χ4n) is 11.5. The number of ether oxygens (including phenoxy) is 4. The molecule has 1 amide bonds. The van der Waals surface area contributed by atoms with Gasteiger partial charge in [-0.15, -0.1) is 0 Å². The Bertz CT molecular complexity index is 1880. The zero-order chi connectivity index (χ0) is 65.2. The van der Waals surface area contributed by atoms with Gasteiger partial charge in [0.25, 0.3) is 0 Å². The largest absolute Gasteiger partial charge is 0.394 e. The lowest BCUT2D eigenvalue weighted by Gasteiger charge is -2.46. The van der Waals surface area contributed by atoms with Crippen LogP contribution in [0.3, 0.4) is 0 Å². The molecule has 2 fully saturated rings. The van der Waals surface area contributed by atoms with Gasteiger partial charge in [-0.1, -0.05) is 297 Å². The molecule has 0 radical (unpaired) electrons. The summed E-state index contributed by atoms with van der Waals surface area (Å²) in [4.78, 5) is 13.3. The van der Waals surface area contributed by atoms with Gasteiger partial charge in [-0.3, -0.25) is 4.79 Å². The zero-order valence-corrected chi connectivity index (χ0v) is 56.6. The minimum atomic E-state index is -1.79. The van der Waals surface area contributed by atoms with Crippen LogP contribution in [0.25, 0.3) is 0 Å². The Morgan fingerprint density at radius 1 is 0.411 bits per heavy atom. The lowest BCUT2D eigenvalue weighted by molar-refractivity contribution is -0.359. The van der Waals surface area contributed by atoms with E-state index in [0.29, 0.717) is 6.42 Å². The Morgan fingerprint density at radius 2 is 0.767 bits per heavy atom. The number of unbranched alkanes of at least 4 members (excludes halogenated alkanes) is 32. The van der Waals surface area contributed by atoms with E-state index < -0.39 is 86.8 Å². The van der Waals surface area contributed by atoms with Crippen molar-refractivity contribution in [2.24, 2.45) is 0 Å². The second kappa shape index (κ2) is 59.6. The van der Waals surface area contributed by atoms with Crippen molar-refractivity contribution in [1.29, 1.82) is 0 Å². The summed E-state index contributed by atoms with van der Waals surface area (Å²) in [5.41, 5.74) is 0. The first-order chi connectivity index (χ1) is 44.1. The van der Waals surface area contributed by atoms with Gasteiger partial charge in [0, 0.05) is 6.42 Å². The smallest absolute Gasteiger partial charge is 0.220 e. The number of hydrogen-bond donors (Lipinski definition) is 9. The van der Waals surface area contributed by atoms with Crippen LogP contribution >= 0.6 is 0 Å². The van der Waals surface area contributed by atoms with Gasteiger partial charge in [-0.2, -0.15) is 0 Å². The van der Waals surface area contributed by atoms with Crippen molar-refractivity contribution in [3.63, 3.8) is 0 Å². The van der Waals surface area contributed by atoms with Crippen molar-refractivity contribution < 1.29 is 64.6 Å². The average Bonchev–Trinajstić information content (AvgIpc) is 1.26. The summed E-state index contributed by atoms with van der Waals surface area (Å²) in [6.07, 6.45) is 67.4. The van der Waals surface area contributed by atoms with Crippen LogP contribution in [0, 0.1) is 0 Å². The molecule has 12 unspecified atom stereocenters. The number of aliphatic hydroxyl groups is 8. The van der Waals surface area contributed by atoms with Crippen LogP contribution in [0.15, 0.2) is 97.2 Å². The lowest BCUT2D eigenvalue weighted by atomic mass is 9.97. The summed E-state index contributed by atoms with van der Waals surface area (Å²) in [7, 11) is 0. The molecule has 9 N–H and O–H groups in total. The Kier molecular flexibility index (Phi) is 55.0. The Hall–Kier alpha value is -3.09. The average molecular weight is 1270 g/mol. The number of amides is 1. The van der Waals surface area contributed by atoms with Crippen LogP contribution in [0.1, 0.15) is 284 Å². The molecule has 2 aliphatic heterocycles. The summed E-state index contributed by atoms with van der Waals surface area (Å²) in [6.45, 7) is 2.70. The molecular formula is C76H133NO13. The van der Waals surface area contributed by atoms with Gasteiger partial charge < -0.3 is 65.1 Å². The van der Waals surface area contributed by atoms with E-state index in [4.69, 9.17) is 18.9 Å². The summed E-state index contributed by atoms with van der Waals surface area (Å²) in [5, 5.41) is 87.5. The van der Waals surface area contributed by atoms with Crippen LogP contribution in [0.4, 0.5) is 0 Å². The number of allylic oxidation sites excluding steroid dienone is 15. The molecule has 12 atom stereocenters. The van der Waals surface area contributed by atoms with E-state index in [1.54, 1.807) is 6.08 Å². The van der Waals surface area contributed by atoms with Gasteiger partial charge in [-0.25, -0.2) is 0 Å². The number of rotatable bonds is 59. The molecule has 2 rings (SSSR count). The maximum Gasteiger partial charge on any atom is 0.220 e. The van der Waals surface area contributed by atoms with Crippen LogP contribution in [-0.4, -0.2) is 140 Å². The Labute approximate surface area is 547 Å². The highest BCUT2D eigenvalue weighted by atomic mass is 16.7. The molecule has 0 aromatic rings. The number of carbonyl (C=O) groups is 1. The molecule has 0 aromatic carbocycles. The van der Waals surface area contributed by atoms with Crippen LogP contribution < -0.4 is 5.32 Å². The molecule has 520 valence electrons. The summed E-state index contributed by atoms with van der Waals surface area (Å²) >= 11 is 0. The van der Waals surface area contributed by atoms with Gasteiger partial charge in [-0.05, 0) is 77.0 Å². The summed E-state index contributed by atoms with van der Waals surface area (Å²) < 4.78 is 22.9. The quantitative estimate of drug-likeness (QED) is 0.0204. The first-order valence-electron chi connectivity index (χ1n) is 36.5. The zero-order valence-electron chi connectivity index (χ0n) is 56.6. The fraction of sp³-hybridized carbons (Fsp3) is 0.776. The molecule has 2 heterocycles. The van der Waals surface area contributed by atoms with Crippen molar-refractivity contribution in [3.8, 4) is 0 Å². The molecule has 0 bridgehead atoms. The predicted octanol–water partition coefficient (Wildman–Crippen LogP) is 15.3. The molecule has 14 nitrogen and oxygen atoms in total. The van der Waals surface area contributed by atoms with Crippen molar-refractivity contribution in [3.05, 3.63) is 97.2 Å². The van der Waals surface area contributed by atoms with E-state index in [-0.39, 0.29) is 18.9 Å². The summed E-state index contributed by atoms with van der Waals surface area (Å²) in [5.74, 6) is -0.251. The van der Waals surface area contributed by atoms with Crippen LogP contribution in [-0.2, 0) is 23.7 Å². The third-order valence-corrected chi connectivity index (χ3v) is 17.3. The maximum atomic E-state index is 13.3. The van der Waals surface area contributed by atoms with Gasteiger partial charge in [0.1, 0.15) is 48.8 Å². The van der Waals surface area contributed by atoms with Crippen molar-refractivity contribution in [1.82, 2.24) is 5.32 Å². The van der Waals surface area contributed by atoms with E-state index >= 15 is 0 Å². The normalized spacial score (nSPS) is 23.5. The van der Waals surface area contributed by atoms with E-state index in [1.165, 1.54) is 154 Å². The topological polar surface area (TPSA) is 228 Å². The van der Waals surface area contributed by atoms with Crippen molar-refractivity contribution >= 4 is 5.91 Å². The number of carbonyl (C=O) groups excluding carboxylic acids is 1. The third-order valence-electron chi connectivity index (χ3n) is 17.3. The highest BCUT2D eigenvalue weighted by molar-refractivity contribution is 5.76. The van der Waals surface area contributed by atoms with E-state index in [1.807, 2.05) is 6.08 Å². The van der Waals surface area contributed by atoms with Crippen LogP contribution in [0.5, 0.6) is 0 Å². The molecule has 0 aliphatic carbocycles. The maximum absolute atomic E-state index is 13.3. The molecule has 0 aromatic heterocycles. The molecule has 14 heteroatoms. The number of hydrogen-bond acceptors (Lipinski definition) is 13. The predicted molar refractivity (Wildman–Crippen MR) is 369 cm³/mol. The van der Waals surface area contributed by atoms with Crippen LogP contribution in [0.2, 0.25) is 0 Å². The molecule has 90 heavy (non-hydrogen) atoms. The SMILES string of the molecule is CC/C=C\C/C=C\C/C=C\C/C=C\C/C=C\C/C=C\C/C=C\CCCCCCCCCC(=O)NC(COC1OC(CO)C(OC2OC(CO)C(O)C(O)C2O)C(O)C1O)C(O)/C=C/CCCCCCCCCCCCCCCCCCCCCCCCCCC. The van der Waals surface area contributed by atoms with E-state index in [9.17, 15) is 45.6 Å². The molecule has 2 aliphatic rings. The lowest BCUT2D eigenvalue weighted by Crippen LogP contribution is -2.65. The molecular weight excluding hydrogens is 1130 g/mol. The molecule has 0 spiro atoms. The minimum absolute atomic E-state index is 0.251. The van der Waals surface area contributed by atoms with Gasteiger partial charge in [0.15, 0.2) is 12.6 Å². The van der Waals surface area contributed by atoms with Gasteiger partial charge >= 0.3 is 0 Å². The van der Waals surface area contributed by atoms with E-state index in [2.05, 4.69) is 104 Å². The highest BCUT2D eigenvalue weighted by Crippen LogP contribution is 2.30. The third kappa shape index (κ3) is 43.0. The fourth-order valence-corrected chi connectivity index (χ4v) is 11.5. The van der Waals surface area contributed by atoms with Crippen molar-refractivity contribution in [2.75, 3.05) is 19.8 Å². The first-order valence-corrected chi connectivity index (χ1v) is 36.5. The van der Waals surface area contributed by atoms with Crippen molar-refractivity contribution in [2.45, 2.75) is 357 Å². The van der Waals surface area contributed by atoms with E-state index in [0.717, 1.165) is 103 Å². The summed E-state index contributed by atoms with van der Waals surface area (Å²) in [6, 6.07) is -0.930. The monoisotopic (exact) mass is 1270 g/mol. The Morgan fingerprint density at radius 3 is 1.18 bits per heavy atom. The minimum Gasteiger partial charge on any atom is -0.394 e. The molecule has 0 saturated carbocycles. The molecule has 2 saturated heterocycles. The van der Waals surface area contributed by atoms with Gasteiger partial charge in [0.05, 0.1) is 32.0 Å². The highest BCUT2D eigenvalue weighted by Gasteiger charge is 2.51. The second-order valence-electron chi connectivity index (χ2n) is 25.3.